The molecule has 1 aromatic carbocycles. The van der Waals surface area contributed by atoms with Crippen LogP contribution in [0, 0.1) is 5.92 Å². The zero-order valence-electron chi connectivity index (χ0n) is 13.4. The van der Waals surface area contributed by atoms with Gasteiger partial charge in [0.15, 0.2) is 12.4 Å². The van der Waals surface area contributed by atoms with Gasteiger partial charge in [-0.25, -0.2) is 0 Å². The highest BCUT2D eigenvalue weighted by Gasteiger charge is 2.39. The third kappa shape index (κ3) is 3.86. The van der Waals surface area contributed by atoms with Crippen molar-refractivity contribution in [2.24, 2.45) is 5.92 Å². The number of hydrogen-bond acceptors (Lipinski definition) is 4. The van der Waals surface area contributed by atoms with E-state index in [4.69, 9.17) is 4.74 Å². The number of nitrogens with zero attached hydrogens (tertiary/aromatic N) is 1. The maximum absolute atomic E-state index is 12.2. The molecular weight excluding hydrogens is 374 g/mol. The number of carbonyl (C=O) groups excluding carboxylic acids is 3. The van der Waals surface area contributed by atoms with Crippen LogP contribution in [0.1, 0.15) is 42.5 Å². The lowest BCUT2D eigenvalue weighted by Gasteiger charge is -2.23. The van der Waals surface area contributed by atoms with Gasteiger partial charge in [-0.2, -0.15) is 0 Å². The molecule has 0 bridgehead atoms. The van der Waals surface area contributed by atoms with Gasteiger partial charge in [-0.1, -0.05) is 40.9 Å². The molecule has 1 amide bonds. The van der Waals surface area contributed by atoms with Crippen molar-refractivity contribution in [3.63, 3.8) is 0 Å². The Morgan fingerprint density at radius 2 is 1.83 bits per heavy atom. The van der Waals surface area contributed by atoms with Crippen molar-refractivity contribution in [2.75, 3.05) is 13.2 Å². The molecule has 0 radical (unpaired) electrons. The highest BCUT2D eigenvalue weighted by Crippen LogP contribution is 2.29. The lowest BCUT2D eigenvalue weighted by Crippen LogP contribution is -2.35. The SMILES string of the molecule is O=C(COC(=O)[C@@H]1CC(=O)N(C2CCCC2)C1)c1ccc(Br)cc1. The first-order valence-electron chi connectivity index (χ1n) is 8.29. The highest BCUT2D eigenvalue weighted by atomic mass is 79.9. The monoisotopic (exact) mass is 393 g/mol. The van der Waals surface area contributed by atoms with E-state index in [9.17, 15) is 14.4 Å². The Kier molecular flexibility index (Phi) is 5.33. The zero-order chi connectivity index (χ0) is 17.1. The van der Waals surface area contributed by atoms with Crippen LogP contribution in [0.25, 0.3) is 0 Å². The van der Waals surface area contributed by atoms with E-state index in [2.05, 4.69) is 15.9 Å². The smallest absolute Gasteiger partial charge is 0.311 e. The predicted molar refractivity (Wildman–Crippen MR) is 91.5 cm³/mol. The molecular formula is C18H20BrNO4. The lowest BCUT2D eigenvalue weighted by atomic mass is 10.1. The average Bonchev–Trinajstić information content (AvgIpc) is 3.22. The van der Waals surface area contributed by atoms with Gasteiger partial charge in [-0.3, -0.25) is 14.4 Å². The van der Waals surface area contributed by atoms with Gasteiger partial charge in [-0.15, -0.1) is 0 Å². The van der Waals surface area contributed by atoms with Gasteiger partial charge in [0, 0.05) is 29.0 Å². The van der Waals surface area contributed by atoms with E-state index in [0.29, 0.717) is 12.1 Å². The van der Waals surface area contributed by atoms with Crippen molar-refractivity contribution in [3.8, 4) is 0 Å². The second-order valence-electron chi connectivity index (χ2n) is 6.42. The maximum atomic E-state index is 12.2. The van der Waals surface area contributed by atoms with E-state index in [0.717, 1.165) is 30.2 Å². The predicted octanol–water partition coefficient (Wildman–Crippen LogP) is 2.97. The van der Waals surface area contributed by atoms with Crippen molar-refractivity contribution in [1.82, 2.24) is 4.90 Å². The Bertz CT molecular complexity index is 637. The summed E-state index contributed by atoms with van der Waals surface area (Å²) in [4.78, 5) is 38.2. The zero-order valence-corrected chi connectivity index (χ0v) is 15.0. The first-order chi connectivity index (χ1) is 11.5. The van der Waals surface area contributed by atoms with Crippen LogP contribution in [-0.2, 0) is 14.3 Å². The number of esters is 1. The Hall–Kier alpha value is -1.69. The summed E-state index contributed by atoms with van der Waals surface area (Å²) in [5, 5.41) is 0. The van der Waals surface area contributed by atoms with Crippen molar-refractivity contribution in [3.05, 3.63) is 34.3 Å². The summed E-state index contributed by atoms with van der Waals surface area (Å²) in [6.45, 7) is 0.142. The van der Waals surface area contributed by atoms with E-state index < -0.39 is 11.9 Å². The summed E-state index contributed by atoms with van der Waals surface area (Å²) < 4.78 is 6.03. The summed E-state index contributed by atoms with van der Waals surface area (Å²) in [7, 11) is 0. The molecule has 0 aromatic heterocycles. The van der Waals surface area contributed by atoms with Gasteiger partial charge in [0.05, 0.1) is 5.92 Å². The van der Waals surface area contributed by atoms with E-state index in [1.807, 2.05) is 4.90 Å². The van der Waals surface area contributed by atoms with Crippen molar-refractivity contribution < 1.29 is 19.1 Å². The Morgan fingerprint density at radius 3 is 2.50 bits per heavy atom. The minimum absolute atomic E-state index is 0.0306. The fourth-order valence-corrected chi connectivity index (χ4v) is 3.70. The van der Waals surface area contributed by atoms with Crippen LogP contribution in [0.4, 0.5) is 0 Å². The molecule has 2 fully saturated rings. The molecule has 128 valence electrons. The molecule has 0 spiro atoms. The molecule has 6 heteroatoms. The third-order valence-electron chi connectivity index (χ3n) is 4.77. The number of amides is 1. The van der Waals surface area contributed by atoms with Crippen LogP contribution < -0.4 is 0 Å². The Labute approximate surface area is 149 Å². The number of ether oxygens (including phenoxy) is 1. The van der Waals surface area contributed by atoms with Crippen LogP contribution in [0.2, 0.25) is 0 Å². The van der Waals surface area contributed by atoms with Gasteiger partial charge >= 0.3 is 5.97 Å². The minimum Gasteiger partial charge on any atom is -0.457 e. The molecule has 1 aliphatic heterocycles. The molecule has 1 saturated carbocycles. The Balaban J connectivity index is 1.51. The van der Waals surface area contributed by atoms with Gasteiger partial charge in [0.1, 0.15) is 0 Å². The molecule has 3 rings (SSSR count). The number of rotatable bonds is 5. The van der Waals surface area contributed by atoms with Crippen molar-refractivity contribution in [2.45, 2.75) is 38.1 Å². The Morgan fingerprint density at radius 1 is 1.17 bits per heavy atom. The van der Waals surface area contributed by atoms with Crippen LogP contribution in [0.3, 0.4) is 0 Å². The van der Waals surface area contributed by atoms with E-state index in [-0.39, 0.29) is 30.8 Å². The van der Waals surface area contributed by atoms with E-state index >= 15 is 0 Å². The fourth-order valence-electron chi connectivity index (χ4n) is 3.43. The molecule has 5 nitrogen and oxygen atoms in total. The average molecular weight is 394 g/mol. The standard InChI is InChI=1S/C18H20BrNO4/c19-14-7-5-12(6-8-14)16(21)11-24-18(23)13-9-17(22)20(10-13)15-3-1-2-4-15/h5-8,13,15H,1-4,9-11H2/t13-/m1/s1. The molecule has 24 heavy (non-hydrogen) atoms. The molecule has 1 aromatic rings. The number of halogens is 1. The molecule has 1 aliphatic carbocycles. The fraction of sp³-hybridized carbons (Fsp3) is 0.500. The second kappa shape index (κ2) is 7.47. The molecule has 1 heterocycles. The molecule has 1 saturated heterocycles. The van der Waals surface area contributed by atoms with Crippen molar-refractivity contribution >= 4 is 33.6 Å². The van der Waals surface area contributed by atoms with Gasteiger partial charge in [-0.05, 0) is 25.0 Å². The van der Waals surface area contributed by atoms with Gasteiger partial charge < -0.3 is 9.64 Å². The number of Topliss-reactive ketones (excluding diaryl/α,β-unsaturated/α-hetero) is 1. The first kappa shape index (κ1) is 17.1. The number of ketones is 1. The number of hydrogen-bond donors (Lipinski definition) is 0. The normalized spacial score (nSPS) is 21.3. The minimum atomic E-state index is -0.450. The largest absolute Gasteiger partial charge is 0.457 e. The quantitative estimate of drug-likeness (QED) is 0.569. The summed E-state index contributed by atoms with van der Waals surface area (Å²) in [6, 6.07) is 7.18. The number of carbonyl (C=O) groups is 3. The highest BCUT2D eigenvalue weighted by molar-refractivity contribution is 9.10. The van der Waals surface area contributed by atoms with Crippen molar-refractivity contribution in [1.29, 1.82) is 0 Å². The summed E-state index contributed by atoms with van der Waals surface area (Å²) in [5.41, 5.74) is 0.501. The van der Waals surface area contributed by atoms with Crippen LogP contribution in [-0.4, -0.2) is 41.8 Å². The number of likely N-dealkylation sites (tertiary alicyclic amines) is 1. The lowest BCUT2D eigenvalue weighted by molar-refractivity contribution is -0.147. The second-order valence-corrected chi connectivity index (χ2v) is 7.34. The van der Waals surface area contributed by atoms with E-state index in [1.54, 1.807) is 24.3 Å². The topological polar surface area (TPSA) is 63.7 Å². The number of benzene rings is 1. The summed E-state index contributed by atoms with van der Waals surface area (Å²) in [6.07, 6.45) is 4.53. The van der Waals surface area contributed by atoms with Crippen LogP contribution in [0.15, 0.2) is 28.7 Å². The van der Waals surface area contributed by atoms with Crippen LogP contribution in [0.5, 0.6) is 0 Å². The van der Waals surface area contributed by atoms with E-state index in [1.165, 1.54) is 0 Å². The first-order valence-corrected chi connectivity index (χ1v) is 9.09. The van der Waals surface area contributed by atoms with Gasteiger partial charge in [0.2, 0.25) is 5.91 Å². The summed E-state index contributed by atoms with van der Waals surface area (Å²) >= 11 is 3.31. The molecule has 0 unspecified atom stereocenters. The molecule has 0 N–H and O–H groups in total. The summed E-state index contributed by atoms with van der Waals surface area (Å²) in [5.74, 6) is -1.11. The third-order valence-corrected chi connectivity index (χ3v) is 5.30. The van der Waals surface area contributed by atoms with Gasteiger partial charge in [0.25, 0.3) is 0 Å². The maximum Gasteiger partial charge on any atom is 0.311 e. The molecule has 2 aliphatic rings. The van der Waals surface area contributed by atoms with Crippen LogP contribution >= 0.6 is 15.9 Å². The molecule has 1 atom stereocenters.